The summed E-state index contributed by atoms with van der Waals surface area (Å²) in [6, 6.07) is 14.6. The summed E-state index contributed by atoms with van der Waals surface area (Å²) in [5, 5.41) is 6.37. The molecule has 0 radical (unpaired) electrons. The molecule has 0 unspecified atom stereocenters. The molecule has 0 saturated heterocycles. The van der Waals surface area contributed by atoms with Crippen LogP contribution in [0.25, 0.3) is 0 Å². The number of hydrogen-bond acceptors (Lipinski definition) is 3. The van der Waals surface area contributed by atoms with Crippen molar-refractivity contribution in [1.29, 1.82) is 0 Å². The minimum Gasteiger partial charge on any atom is -0.492 e. The highest BCUT2D eigenvalue weighted by Gasteiger charge is 2.06. The molecule has 0 spiro atoms. The second kappa shape index (κ2) is 10.4. The molecular formula is C20H27FN4O. The Labute approximate surface area is 154 Å². The quantitative estimate of drug-likeness (QED) is 0.563. The van der Waals surface area contributed by atoms with Crippen LogP contribution in [-0.4, -0.2) is 45.2 Å². The van der Waals surface area contributed by atoms with Crippen molar-refractivity contribution in [1.82, 2.24) is 15.5 Å². The number of rotatable bonds is 8. The molecular weight excluding hydrogens is 331 g/mol. The smallest absolute Gasteiger partial charge is 0.191 e. The molecule has 0 aliphatic heterocycles. The third-order valence-electron chi connectivity index (χ3n) is 3.84. The molecule has 0 saturated carbocycles. The molecule has 0 fully saturated rings. The van der Waals surface area contributed by atoms with E-state index in [1.165, 1.54) is 6.07 Å². The highest BCUT2D eigenvalue weighted by Crippen LogP contribution is 2.17. The van der Waals surface area contributed by atoms with E-state index in [4.69, 9.17) is 4.74 Å². The normalized spacial score (nSPS) is 11.5. The molecule has 2 aromatic carbocycles. The standard InChI is InChI=1S/C20H27FN4O/c1-22-20(23-14-16-8-4-6-10-18(16)21)24-15-17-9-5-7-11-19(17)26-13-12-25(2)3/h4-11H,12-15H2,1-3H3,(H2,22,23,24). The molecule has 0 aliphatic rings. The summed E-state index contributed by atoms with van der Waals surface area (Å²) < 4.78 is 19.6. The molecule has 0 aromatic heterocycles. The summed E-state index contributed by atoms with van der Waals surface area (Å²) >= 11 is 0. The minimum atomic E-state index is -0.227. The highest BCUT2D eigenvalue weighted by molar-refractivity contribution is 5.79. The molecule has 5 nitrogen and oxygen atoms in total. The van der Waals surface area contributed by atoms with E-state index < -0.39 is 0 Å². The maximum absolute atomic E-state index is 13.7. The van der Waals surface area contributed by atoms with Crippen LogP contribution in [0.3, 0.4) is 0 Å². The maximum Gasteiger partial charge on any atom is 0.191 e. The van der Waals surface area contributed by atoms with E-state index in [9.17, 15) is 4.39 Å². The third-order valence-corrected chi connectivity index (χ3v) is 3.84. The topological polar surface area (TPSA) is 48.9 Å². The van der Waals surface area contributed by atoms with E-state index in [0.29, 0.717) is 31.2 Å². The van der Waals surface area contributed by atoms with Gasteiger partial charge in [-0.1, -0.05) is 36.4 Å². The summed E-state index contributed by atoms with van der Waals surface area (Å²) in [6.45, 7) is 2.42. The molecule has 2 N–H and O–H groups in total. The van der Waals surface area contributed by atoms with Gasteiger partial charge in [-0.25, -0.2) is 4.39 Å². The fourth-order valence-electron chi connectivity index (χ4n) is 2.35. The van der Waals surface area contributed by atoms with Crippen LogP contribution >= 0.6 is 0 Å². The predicted molar refractivity (Wildman–Crippen MR) is 104 cm³/mol. The number of halogens is 1. The van der Waals surface area contributed by atoms with Gasteiger partial charge >= 0.3 is 0 Å². The Morgan fingerprint density at radius 2 is 1.62 bits per heavy atom. The van der Waals surface area contributed by atoms with Gasteiger partial charge in [0.1, 0.15) is 18.2 Å². The number of ether oxygens (including phenoxy) is 1. The number of nitrogens with one attached hydrogen (secondary N) is 2. The van der Waals surface area contributed by atoms with Crippen LogP contribution in [0.1, 0.15) is 11.1 Å². The lowest BCUT2D eigenvalue weighted by molar-refractivity contribution is 0.259. The summed E-state index contributed by atoms with van der Waals surface area (Å²) in [4.78, 5) is 6.27. The van der Waals surface area contributed by atoms with E-state index >= 15 is 0 Å². The van der Waals surface area contributed by atoms with Crippen LogP contribution in [0.15, 0.2) is 53.5 Å². The average molecular weight is 358 g/mol. The fraction of sp³-hybridized carbons (Fsp3) is 0.350. The first-order valence-electron chi connectivity index (χ1n) is 8.63. The van der Waals surface area contributed by atoms with Crippen molar-refractivity contribution in [3.8, 4) is 5.75 Å². The van der Waals surface area contributed by atoms with Crippen molar-refractivity contribution in [2.75, 3.05) is 34.3 Å². The Morgan fingerprint density at radius 1 is 1.00 bits per heavy atom. The van der Waals surface area contributed by atoms with E-state index in [1.807, 2.05) is 44.4 Å². The zero-order valence-electron chi connectivity index (χ0n) is 15.6. The largest absolute Gasteiger partial charge is 0.492 e. The molecule has 0 atom stereocenters. The van der Waals surface area contributed by atoms with Gasteiger partial charge in [-0.2, -0.15) is 0 Å². The molecule has 0 bridgehead atoms. The Bertz CT molecular complexity index is 718. The second-order valence-electron chi connectivity index (χ2n) is 6.13. The lowest BCUT2D eigenvalue weighted by atomic mass is 10.2. The monoisotopic (exact) mass is 358 g/mol. The number of likely N-dealkylation sites (N-methyl/N-ethyl adjacent to an activating group) is 1. The molecule has 140 valence electrons. The van der Waals surface area contributed by atoms with Crippen molar-refractivity contribution in [3.05, 3.63) is 65.5 Å². The minimum absolute atomic E-state index is 0.227. The third kappa shape index (κ3) is 6.37. The summed E-state index contributed by atoms with van der Waals surface area (Å²) in [5.74, 6) is 1.23. The maximum atomic E-state index is 13.7. The van der Waals surface area contributed by atoms with Crippen LogP contribution in [0.2, 0.25) is 0 Å². The Hall–Kier alpha value is -2.60. The van der Waals surface area contributed by atoms with E-state index in [1.54, 1.807) is 19.2 Å². The summed E-state index contributed by atoms with van der Waals surface area (Å²) in [5.41, 5.74) is 1.64. The van der Waals surface area contributed by atoms with Crippen molar-refractivity contribution < 1.29 is 9.13 Å². The van der Waals surface area contributed by atoms with Crippen molar-refractivity contribution in [3.63, 3.8) is 0 Å². The molecule has 0 aliphatic carbocycles. The Morgan fingerprint density at radius 3 is 2.27 bits per heavy atom. The van der Waals surface area contributed by atoms with Crippen molar-refractivity contribution in [2.24, 2.45) is 4.99 Å². The van der Waals surface area contributed by atoms with Gasteiger partial charge in [0, 0.05) is 37.8 Å². The number of hydrogen-bond donors (Lipinski definition) is 2. The van der Waals surface area contributed by atoms with E-state index in [0.717, 1.165) is 17.9 Å². The van der Waals surface area contributed by atoms with Gasteiger partial charge in [0.05, 0.1) is 0 Å². The highest BCUT2D eigenvalue weighted by atomic mass is 19.1. The van der Waals surface area contributed by atoms with Crippen LogP contribution < -0.4 is 15.4 Å². The Balaban J connectivity index is 1.89. The SMILES string of the molecule is CN=C(NCc1ccccc1F)NCc1ccccc1OCCN(C)C. The first-order chi connectivity index (χ1) is 12.6. The number of para-hydroxylation sites is 1. The van der Waals surface area contributed by atoms with Gasteiger partial charge in [0.25, 0.3) is 0 Å². The number of aliphatic imine (C=N–C) groups is 1. The van der Waals surface area contributed by atoms with Gasteiger partial charge in [0.15, 0.2) is 5.96 Å². The molecule has 6 heteroatoms. The van der Waals surface area contributed by atoms with Gasteiger partial charge in [-0.05, 0) is 26.2 Å². The second-order valence-corrected chi connectivity index (χ2v) is 6.13. The lowest BCUT2D eigenvalue weighted by Crippen LogP contribution is -2.36. The number of nitrogens with zero attached hydrogens (tertiary/aromatic N) is 2. The van der Waals surface area contributed by atoms with E-state index in [2.05, 4.69) is 20.5 Å². The van der Waals surface area contributed by atoms with Crippen LogP contribution in [0, 0.1) is 5.82 Å². The molecule has 0 amide bonds. The van der Waals surface area contributed by atoms with E-state index in [-0.39, 0.29) is 5.82 Å². The number of guanidine groups is 1. The number of benzene rings is 2. The molecule has 2 rings (SSSR count). The molecule has 2 aromatic rings. The van der Waals surface area contributed by atoms with Crippen molar-refractivity contribution >= 4 is 5.96 Å². The van der Waals surface area contributed by atoms with Crippen LogP contribution in [-0.2, 0) is 13.1 Å². The van der Waals surface area contributed by atoms with Gasteiger partial charge in [-0.15, -0.1) is 0 Å². The summed E-state index contributed by atoms with van der Waals surface area (Å²) in [6.07, 6.45) is 0. The van der Waals surface area contributed by atoms with Crippen LogP contribution in [0.4, 0.5) is 4.39 Å². The molecule has 26 heavy (non-hydrogen) atoms. The Kier molecular flexibility index (Phi) is 7.89. The van der Waals surface area contributed by atoms with Crippen LogP contribution in [0.5, 0.6) is 5.75 Å². The summed E-state index contributed by atoms with van der Waals surface area (Å²) in [7, 11) is 5.72. The van der Waals surface area contributed by atoms with Gasteiger partial charge < -0.3 is 20.3 Å². The lowest BCUT2D eigenvalue weighted by Gasteiger charge is -2.16. The zero-order valence-corrected chi connectivity index (χ0v) is 15.6. The fourth-order valence-corrected chi connectivity index (χ4v) is 2.35. The average Bonchev–Trinajstić information content (AvgIpc) is 2.64. The first-order valence-corrected chi connectivity index (χ1v) is 8.63. The van der Waals surface area contributed by atoms with Crippen molar-refractivity contribution in [2.45, 2.75) is 13.1 Å². The predicted octanol–water partition coefficient (Wildman–Crippen LogP) is 2.63. The molecule has 0 heterocycles. The zero-order chi connectivity index (χ0) is 18.8. The van der Waals surface area contributed by atoms with Gasteiger partial charge in [0.2, 0.25) is 0 Å². The van der Waals surface area contributed by atoms with Gasteiger partial charge in [-0.3, -0.25) is 4.99 Å². The first kappa shape index (κ1) is 19.7.